The van der Waals surface area contributed by atoms with Gasteiger partial charge in [-0.05, 0) is 43.7 Å². The van der Waals surface area contributed by atoms with Crippen LogP contribution in [0.25, 0.3) is 6.08 Å². The molecule has 1 aliphatic rings. The Hall–Kier alpha value is -3.65. The topological polar surface area (TPSA) is 79.1 Å². The lowest BCUT2D eigenvalue weighted by atomic mass is 9.96. The van der Waals surface area contributed by atoms with Crippen LogP contribution in [0.4, 0.5) is 0 Å². The number of carbonyl (C=O) groups is 1. The van der Waals surface area contributed by atoms with Crippen molar-refractivity contribution >= 4 is 23.4 Å². The lowest BCUT2D eigenvalue weighted by molar-refractivity contribution is -0.136. The number of rotatable bonds is 6. The van der Waals surface area contributed by atoms with Crippen LogP contribution in [0.5, 0.6) is 11.5 Å². The van der Waals surface area contributed by atoms with Crippen LogP contribution in [-0.4, -0.2) is 31.4 Å². The number of fused-ring (bicyclic) bond motifs is 1. The third kappa shape index (κ3) is 4.21. The van der Waals surface area contributed by atoms with Crippen molar-refractivity contribution in [2.45, 2.75) is 19.9 Å². The standard InChI is InChI=1S/C25H24N2O5S/c1-5-32-19-9-7-6-8-17(19)14-20-23(28)27-22(16-10-12-18(30-3)13-11-16)21(24(29)31-4)15(2)26-25(27)33-20/h6-14,22H,5H2,1-4H3/b20-14-/t22-/m0/s1. The van der Waals surface area contributed by atoms with Crippen LogP contribution < -0.4 is 24.4 Å². The average Bonchev–Trinajstić information content (AvgIpc) is 3.13. The smallest absolute Gasteiger partial charge is 0.338 e. The third-order valence-corrected chi connectivity index (χ3v) is 6.35. The first kappa shape index (κ1) is 22.5. The van der Waals surface area contributed by atoms with Gasteiger partial charge in [0, 0.05) is 5.56 Å². The molecule has 1 atom stereocenters. The molecule has 0 radical (unpaired) electrons. The van der Waals surface area contributed by atoms with Gasteiger partial charge >= 0.3 is 5.97 Å². The Kier molecular flexibility index (Phi) is 6.46. The van der Waals surface area contributed by atoms with Crippen molar-refractivity contribution in [1.82, 2.24) is 4.57 Å². The monoisotopic (exact) mass is 464 g/mol. The molecule has 4 rings (SSSR count). The Balaban J connectivity index is 1.95. The second-order valence-corrected chi connectivity index (χ2v) is 8.33. The van der Waals surface area contributed by atoms with Crippen LogP contribution in [0, 0.1) is 0 Å². The highest BCUT2D eigenvalue weighted by Crippen LogP contribution is 2.31. The quantitative estimate of drug-likeness (QED) is 0.524. The van der Waals surface area contributed by atoms with Crippen molar-refractivity contribution in [2.24, 2.45) is 4.99 Å². The summed E-state index contributed by atoms with van der Waals surface area (Å²) in [5, 5.41) is 0. The molecule has 0 bridgehead atoms. The molecule has 7 nitrogen and oxygen atoms in total. The minimum absolute atomic E-state index is 0.236. The number of ether oxygens (including phenoxy) is 3. The summed E-state index contributed by atoms with van der Waals surface area (Å²) in [6.45, 7) is 4.19. The number of benzene rings is 2. The van der Waals surface area contributed by atoms with Crippen LogP contribution in [0.3, 0.4) is 0 Å². The van der Waals surface area contributed by atoms with Gasteiger partial charge in [0.25, 0.3) is 5.56 Å². The fourth-order valence-electron chi connectivity index (χ4n) is 3.82. The molecule has 3 aromatic rings. The summed E-state index contributed by atoms with van der Waals surface area (Å²) in [7, 11) is 2.91. The minimum Gasteiger partial charge on any atom is -0.497 e. The molecule has 0 unspecified atom stereocenters. The molecule has 170 valence electrons. The molecule has 0 saturated heterocycles. The summed E-state index contributed by atoms with van der Waals surface area (Å²) < 4.78 is 18.1. The van der Waals surface area contributed by atoms with E-state index >= 15 is 0 Å². The number of nitrogens with zero attached hydrogens (tertiary/aromatic N) is 2. The van der Waals surface area contributed by atoms with E-state index in [1.54, 1.807) is 36.8 Å². The zero-order valence-corrected chi connectivity index (χ0v) is 19.6. The van der Waals surface area contributed by atoms with Crippen LogP contribution in [-0.2, 0) is 9.53 Å². The molecule has 8 heteroatoms. The Morgan fingerprint density at radius 3 is 2.55 bits per heavy atom. The molecule has 0 spiro atoms. The molecule has 0 aliphatic carbocycles. The van der Waals surface area contributed by atoms with Gasteiger partial charge in [-0.25, -0.2) is 9.79 Å². The van der Waals surface area contributed by atoms with Crippen molar-refractivity contribution in [3.8, 4) is 11.5 Å². The SMILES string of the molecule is CCOc1ccccc1/C=c1\sc2n(c1=O)[C@@H](c1ccc(OC)cc1)C(C(=O)OC)=C(C)N=2. The second-order valence-electron chi connectivity index (χ2n) is 7.32. The summed E-state index contributed by atoms with van der Waals surface area (Å²) in [4.78, 5) is 31.4. The third-order valence-electron chi connectivity index (χ3n) is 5.36. The summed E-state index contributed by atoms with van der Waals surface area (Å²) in [5.74, 6) is 0.857. The maximum absolute atomic E-state index is 13.6. The van der Waals surface area contributed by atoms with E-state index in [1.807, 2.05) is 43.3 Å². The fraction of sp³-hybridized carbons (Fsp3) is 0.240. The summed E-state index contributed by atoms with van der Waals surface area (Å²) >= 11 is 1.28. The molecule has 33 heavy (non-hydrogen) atoms. The normalized spacial score (nSPS) is 15.6. The van der Waals surface area contributed by atoms with E-state index in [2.05, 4.69) is 4.99 Å². The van der Waals surface area contributed by atoms with Crippen LogP contribution in [0.2, 0.25) is 0 Å². The maximum Gasteiger partial charge on any atom is 0.338 e. The highest BCUT2D eigenvalue weighted by molar-refractivity contribution is 7.07. The number of para-hydroxylation sites is 1. The molecule has 0 saturated carbocycles. The Labute approximate surface area is 194 Å². The lowest BCUT2D eigenvalue weighted by Crippen LogP contribution is -2.39. The van der Waals surface area contributed by atoms with Crippen molar-refractivity contribution in [1.29, 1.82) is 0 Å². The van der Waals surface area contributed by atoms with Gasteiger partial charge < -0.3 is 14.2 Å². The highest BCUT2D eigenvalue weighted by Gasteiger charge is 2.33. The van der Waals surface area contributed by atoms with E-state index in [4.69, 9.17) is 14.2 Å². The zero-order valence-electron chi connectivity index (χ0n) is 18.8. The van der Waals surface area contributed by atoms with E-state index < -0.39 is 12.0 Å². The summed E-state index contributed by atoms with van der Waals surface area (Å²) in [6, 6.07) is 14.2. The predicted octanol–water partition coefficient (Wildman–Crippen LogP) is 2.82. The number of thiazole rings is 1. The Morgan fingerprint density at radius 2 is 1.88 bits per heavy atom. The molecule has 1 aromatic heterocycles. The number of allylic oxidation sites excluding steroid dienone is 1. The number of carbonyl (C=O) groups excluding carboxylic acids is 1. The lowest BCUT2D eigenvalue weighted by Gasteiger charge is -2.24. The van der Waals surface area contributed by atoms with Gasteiger partial charge in [0.1, 0.15) is 11.5 Å². The summed E-state index contributed by atoms with van der Waals surface area (Å²) in [6.07, 6.45) is 1.80. The van der Waals surface area contributed by atoms with Crippen LogP contribution in [0.15, 0.2) is 69.6 Å². The van der Waals surface area contributed by atoms with Gasteiger partial charge in [0.15, 0.2) is 4.80 Å². The molecular weight excluding hydrogens is 440 g/mol. The number of aromatic nitrogens is 1. The molecule has 2 aromatic carbocycles. The van der Waals surface area contributed by atoms with Gasteiger partial charge in [0.05, 0.1) is 42.7 Å². The van der Waals surface area contributed by atoms with Gasteiger partial charge in [-0.3, -0.25) is 9.36 Å². The number of methoxy groups -OCH3 is 2. The van der Waals surface area contributed by atoms with Gasteiger partial charge in [-0.2, -0.15) is 0 Å². The minimum atomic E-state index is -0.663. The first-order valence-corrected chi connectivity index (χ1v) is 11.3. The fourth-order valence-corrected chi connectivity index (χ4v) is 4.86. The first-order chi connectivity index (χ1) is 16.0. The van der Waals surface area contributed by atoms with Crippen molar-refractivity contribution < 1.29 is 19.0 Å². The second kappa shape index (κ2) is 9.46. The van der Waals surface area contributed by atoms with Gasteiger partial charge in [-0.15, -0.1) is 0 Å². The average molecular weight is 465 g/mol. The number of hydrogen-bond acceptors (Lipinski definition) is 7. The molecule has 0 fully saturated rings. The van der Waals surface area contributed by atoms with E-state index in [9.17, 15) is 9.59 Å². The van der Waals surface area contributed by atoms with E-state index in [1.165, 1.54) is 18.4 Å². The van der Waals surface area contributed by atoms with Crippen molar-refractivity contribution in [3.63, 3.8) is 0 Å². The van der Waals surface area contributed by atoms with E-state index in [-0.39, 0.29) is 5.56 Å². The molecule has 2 heterocycles. The predicted molar refractivity (Wildman–Crippen MR) is 126 cm³/mol. The molecular formula is C25H24N2O5S. The van der Waals surface area contributed by atoms with Gasteiger partial charge in [-0.1, -0.05) is 41.7 Å². The maximum atomic E-state index is 13.6. The number of hydrogen-bond donors (Lipinski definition) is 0. The van der Waals surface area contributed by atoms with Crippen LogP contribution in [0.1, 0.15) is 31.0 Å². The molecule has 0 amide bonds. The van der Waals surface area contributed by atoms with Crippen molar-refractivity contribution in [2.75, 3.05) is 20.8 Å². The van der Waals surface area contributed by atoms with Crippen molar-refractivity contribution in [3.05, 3.63) is 90.6 Å². The van der Waals surface area contributed by atoms with E-state index in [0.717, 1.165) is 11.1 Å². The Morgan fingerprint density at radius 1 is 1.15 bits per heavy atom. The van der Waals surface area contributed by atoms with Crippen LogP contribution >= 0.6 is 11.3 Å². The molecule has 1 aliphatic heterocycles. The highest BCUT2D eigenvalue weighted by atomic mass is 32.1. The van der Waals surface area contributed by atoms with Gasteiger partial charge in [0.2, 0.25) is 0 Å². The van der Waals surface area contributed by atoms with E-state index in [0.29, 0.717) is 38.7 Å². The first-order valence-electron chi connectivity index (χ1n) is 10.4. The Bertz CT molecular complexity index is 1400. The number of esters is 1. The molecule has 0 N–H and O–H groups in total. The largest absolute Gasteiger partial charge is 0.497 e. The zero-order chi connectivity index (χ0) is 23.5. The summed E-state index contributed by atoms with van der Waals surface area (Å²) in [5.41, 5.74) is 2.17.